The molecule has 12 heavy (non-hydrogen) atoms. The van der Waals surface area contributed by atoms with Crippen LogP contribution in [0.2, 0.25) is 0 Å². The Morgan fingerprint density at radius 3 is 3.33 bits per heavy atom. The van der Waals surface area contributed by atoms with E-state index in [-0.39, 0.29) is 5.91 Å². The van der Waals surface area contributed by atoms with Crippen molar-refractivity contribution in [3.63, 3.8) is 0 Å². The van der Waals surface area contributed by atoms with Crippen molar-refractivity contribution in [1.82, 2.24) is 4.98 Å². The Morgan fingerprint density at radius 1 is 1.67 bits per heavy atom. The van der Waals surface area contributed by atoms with E-state index < -0.39 is 6.04 Å². The smallest absolute Gasteiger partial charge is 0.241 e. The molecule has 0 fully saturated rings. The van der Waals surface area contributed by atoms with Crippen molar-refractivity contribution in [2.45, 2.75) is 12.5 Å². The van der Waals surface area contributed by atoms with Gasteiger partial charge < -0.3 is 11.1 Å². The zero-order chi connectivity index (χ0) is 8.55. The maximum Gasteiger partial charge on any atom is 0.241 e. The van der Waals surface area contributed by atoms with Gasteiger partial charge in [-0.2, -0.15) is 0 Å². The Bertz CT molecular complexity index is 324. The van der Waals surface area contributed by atoms with Gasteiger partial charge in [0.25, 0.3) is 0 Å². The van der Waals surface area contributed by atoms with Crippen molar-refractivity contribution in [1.29, 1.82) is 0 Å². The molecule has 62 valence electrons. The maximum absolute atomic E-state index is 11.1. The highest BCUT2D eigenvalue weighted by Gasteiger charge is 2.21. The first-order valence-electron chi connectivity index (χ1n) is 3.77. The highest BCUT2D eigenvalue weighted by molar-refractivity contribution is 5.97. The van der Waals surface area contributed by atoms with Crippen LogP contribution in [-0.2, 0) is 11.2 Å². The van der Waals surface area contributed by atoms with Crippen LogP contribution in [0.5, 0.6) is 0 Å². The Morgan fingerprint density at radius 2 is 2.50 bits per heavy atom. The molecule has 2 heterocycles. The molecule has 1 aromatic heterocycles. The summed E-state index contributed by atoms with van der Waals surface area (Å²) in [6.45, 7) is 0. The van der Waals surface area contributed by atoms with Gasteiger partial charge in [-0.1, -0.05) is 0 Å². The maximum atomic E-state index is 11.1. The van der Waals surface area contributed by atoms with E-state index in [4.69, 9.17) is 5.73 Å². The van der Waals surface area contributed by atoms with Crippen LogP contribution in [0.3, 0.4) is 0 Å². The van der Waals surface area contributed by atoms with Crippen LogP contribution in [0.15, 0.2) is 18.5 Å². The second kappa shape index (κ2) is 2.57. The predicted octanol–water partition coefficient (Wildman–Crippen LogP) is -0.0965. The molecule has 4 nitrogen and oxygen atoms in total. The van der Waals surface area contributed by atoms with Crippen LogP contribution >= 0.6 is 0 Å². The minimum Gasteiger partial charge on any atom is -0.323 e. The summed E-state index contributed by atoms with van der Waals surface area (Å²) in [5.41, 5.74) is 7.40. The zero-order valence-electron chi connectivity index (χ0n) is 6.45. The average molecular weight is 163 g/mol. The lowest BCUT2D eigenvalue weighted by atomic mass is 10.0. The average Bonchev–Trinajstić information content (AvgIpc) is 2.07. The topological polar surface area (TPSA) is 68.0 Å². The van der Waals surface area contributed by atoms with Gasteiger partial charge in [0.1, 0.15) is 0 Å². The Balaban J connectivity index is 2.40. The lowest BCUT2D eigenvalue weighted by Gasteiger charge is -2.20. The zero-order valence-corrected chi connectivity index (χ0v) is 6.45. The summed E-state index contributed by atoms with van der Waals surface area (Å²) in [7, 11) is 0. The summed E-state index contributed by atoms with van der Waals surface area (Å²) >= 11 is 0. The molecule has 1 aliphatic rings. The van der Waals surface area contributed by atoms with E-state index in [9.17, 15) is 4.79 Å². The third kappa shape index (κ3) is 1.06. The normalized spacial score (nSPS) is 21.4. The number of aromatic nitrogens is 1. The number of anilines is 1. The largest absolute Gasteiger partial charge is 0.323 e. The molecule has 3 N–H and O–H groups in total. The summed E-state index contributed by atoms with van der Waals surface area (Å²) < 4.78 is 0. The first-order valence-corrected chi connectivity index (χ1v) is 3.77. The van der Waals surface area contributed by atoms with Gasteiger partial charge in [0.2, 0.25) is 5.91 Å². The van der Waals surface area contributed by atoms with Gasteiger partial charge >= 0.3 is 0 Å². The third-order valence-electron chi connectivity index (χ3n) is 1.95. The Hall–Kier alpha value is -1.42. The van der Waals surface area contributed by atoms with Gasteiger partial charge in [0, 0.05) is 6.20 Å². The van der Waals surface area contributed by atoms with Crippen molar-refractivity contribution in [3.05, 3.63) is 24.0 Å². The molecule has 1 aliphatic heterocycles. The molecule has 0 aliphatic carbocycles. The van der Waals surface area contributed by atoms with E-state index >= 15 is 0 Å². The summed E-state index contributed by atoms with van der Waals surface area (Å²) in [5, 5.41) is 2.68. The number of nitrogens with one attached hydrogen (secondary N) is 1. The van der Waals surface area contributed by atoms with Crippen LogP contribution in [0.4, 0.5) is 5.69 Å². The van der Waals surface area contributed by atoms with Crippen LogP contribution < -0.4 is 11.1 Å². The number of carbonyl (C=O) groups excluding carboxylic acids is 1. The van der Waals surface area contributed by atoms with Crippen LogP contribution in [-0.4, -0.2) is 16.9 Å². The molecular weight excluding hydrogens is 154 g/mol. The van der Waals surface area contributed by atoms with Crippen molar-refractivity contribution < 1.29 is 4.79 Å². The van der Waals surface area contributed by atoms with Crippen LogP contribution in [0.1, 0.15) is 5.56 Å². The van der Waals surface area contributed by atoms with Gasteiger partial charge in [-0.25, -0.2) is 0 Å². The molecule has 1 amide bonds. The number of amides is 1. The van der Waals surface area contributed by atoms with Gasteiger partial charge in [-0.3, -0.25) is 9.78 Å². The molecule has 1 atom stereocenters. The van der Waals surface area contributed by atoms with E-state index in [1.807, 2.05) is 6.07 Å². The fraction of sp³-hybridized carbons (Fsp3) is 0.250. The molecule has 1 aromatic rings. The Labute approximate surface area is 69.8 Å². The fourth-order valence-electron chi connectivity index (χ4n) is 1.27. The van der Waals surface area contributed by atoms with E-state index in [0.717, 1.165) is 11.3 Å². The minimum atomic E-state index is -0.417. The molecular formula is C8H9N3O. The first kappa shape index (κ1) is 7.24. The highest BCUT2D eigenvalue weighted by Crippen LogP contribution is 2.19. The lowest BCUT2D eigenvalue weighted by molar-refractivity contribution is -0.117. The molecule has 4 heteroatoms. The second-order valence-electron chi connectivity index (χ2n) is 2.83. The number of carbonyl (C=O) groups is 1. The number of rotatable bonds is 0. The summed E-state index contributed by atoms with van der Waals surface area (Å²) in [6, 6.07) is 1.45. The van der Waals surface area contributed by atoms with Crippen molar-refractivity contribution >= 4 is 11.6 Å². The first-order chi connectivity index (χ1) is 5.77. The highest BCUT2D eigenvalue weighted by atomic mass is 16.2. The predicted molar refractivity (Wildman–Crippen MR) is 44.5 cm³/mol. The van der Waals surface area contributed by atoms with Gasteiger partial charge in [0.15, 0.2) is 0 Å². The van der Waals surface area contributed by atoms with E-state index in [1.54, 1.807) is 12.4 Å². The number of nitrogens with zero attached hydrogens (tertiary/aromatic N) is 1. The standard InChI is InChI=1S/C8H9N3O/c9-6-3-5-1-2-10-4-7(5)11-8(6)12/h1-2,4,6H,3,9H2,(H,11,12)/t6-/m1/s1. The number of hydrogen-bond donors (Lipinski definition) is 2. The van der Waals surface area contributed by atoms with E-state index in [1.165, 1.54) is 0 Å². The minimum absolute atomic E-state index is 0.129. The third-order valence-corrected chi connectivity index (χ3v) is 1.95. The molecule has 0 aromatic carbocycles. The van der Waals surface area contributed by atoms with Crippen molar-refractivity contribution in [2.24, 2.45) is 5.73 Å². The van der Waals surface area contributed by atoms with E-state index in [0.29, 0.717) is 6.42 Å². The molecule has 0 bridgehead atoms. The summed E-state index contributed by atoms with van der Waals surface area (Å²) in [6.07, 6.45) is 3.94. The van der Waals surface area contributed by atoms with Crippen LogP contribution in [0, 0.1) is 0 Å². The van der Waals surface area contributed by atoms with Crippen molar-refractivity contribution in [3.8, 4) is 0 Å². The monoisotopic (exact) mass is 163 g/mol. The fourth-order valence-corrected chi connectivity index (χ4v) is 1.27. The summed E-state index contributed by atoms with van der Waals surface area (Å²) in [5.74, 6) is -0.129. The number of hydrogen-bond acceptors (Lipinski definition) is 3. The van der Waals surface area contributed by atoms with Crippen LogP contribution in [0.25, 0.3) is 0 Å². The van der Waals surface area contributed by atoms with Gasteiger partial charge in [-0.05, 0) is 18.1 Å². The van der Waals surface area contributed by atoms with Gasteiger partial charge in [0.05, 0.1) is 17.9 Å². The number of nitrogens with two attached hydrogens (primary N) is 1. The van der Waals surface area contributed by atoms with Gasteiger partial charge in [-0.15, -0.1) is 0 Å². The molecule has 0 spiro atoms. The SMILES string of the molecule is N[C@@H]1Cc2ccncc2NC1=O. The second-order valence-corrected chi connectivity index (χ2v) is 2.83. The number of fused-ring (bicyclic) bond motifs is 1. The molecule has 0 saturated carbocycles. The molecule has 0 unspecified atom stereocenters. The molecule has 0 saturated heterocycles. The summed E-state index contributed by atoms with van der Waals surface area (Å²) in [4.78, 5) is 15.0. The molecule has 2 rings (SSSR count). The quantitative estimate of drug-likeness (QED) is 0.561. The lowest BCUT2D eigenvalue weighted by Crippen LogP contribution is -2.41. The van der Waals surface area contributed by atoms with E-state index in [2.05, 4.69) is 10.3 Å². The number of pyridine rings is 1. The Kier molecular flexibility index (Phi) is 1.55. The van der Waals surface area contributed by atoms with Crippen molar-refractivity contribution in [2.75, 3.05) is 5.32 Å². The molecule has 0 radical (unpaired) electrons.